The van der Waals surface area contributed by atoms with Crippen LogP contribution >= 0.6 is 0 Å². The van der Waals surface area contributed by atoms with Crippen molar-refractivity contribution in [2.75, 3.05) is 19.8 Å². The molecule has 0 saturated carbocycles. The van der Waals surface area contributed by atoms with Crippen molar-refractivity contribution in [2.45, 2.75) is 52.1 Å². The molecule has 0 aliphatic heterocycles. The number of nitrogens with one attached hydrogen (secondary N) is 1. The third kappa shape index (κ3) is 6.35. The Morgan fingerprint density at radius 1 is 1.36 bits per heavy atom. The summed E-state index contributed by atoms with van der Waals surface area (Å²) >= 11 is 0. The molecule has 1 atom stereocenters. The topological polar surface area (TPSA) is 41.5 Å². The number of hydrogen-bond acceptors (Lipinski definition) is 3. The van der Waals surface area contributed by atoms with Crippen molar-refractivity contribution in [3.05, 3.63) is 0 Å². The van der Waals surface area contributed by atoms with Crippen LogP contribution in [0.3, 0.4) is 0 Å². The molecule has 0 aliphatic rings. The third-order valence-corrected chi connectivity index (χ3v) is 2.13. The smallest absolute Gasteiger partial charge is 0.0611 e. The first-order valence-electron chi connectivity index (χ1n) is 5.50. The second-order valence-electron chi connectivity index (χ2n) is 4.38. The van der Waals surface area contributed by atoms with E-state index in [0.717, 1.165) is 19.4 Å². The summed E-state index contributed by atoms with van der Waals surface area (Å²) < 4.78 is 5.41. The van der Waals surface area contributed by atoms with Crippen LogP contribution in [0.2, 0.25) is 0 Å². The zero-order valence-corrected chi connectivity index (χ0v) is 9.97. The summed E-state index contributed by atoms with van der Waals surface area (Å²) in [7, 11) is 0. The van der Waals surface area contributed by atoms with E-state index in [-0.39, 0.29) is 12.1 Å². The van der Waals surface area contributed by atoms with Gasteiger partial charge in [-0.15, -0.1) is 0 Å². The summed E-state index contributed by atoms with van der Waals surface area (Å²) in [5.74, 6) is 0. The van der Waals surface area contributed by atoms with Crippen molar-refractivity contribution in [2.24, 2.45) is 0 Å². The van der Waals surface area contributed by atoms with Crippen LogP contribution in [0.1, 0.15) is 40.5 Å². The largest absolute Gasteiger partial charge is 0.394 e. The van der Waals surface area contributed by atoms with Crippen molar-refractivity contribution in [3.63, 3.8) is 0 Å². The van der Waals surface area contributed by atoms with Gasteiger partial charge < -0.3 is 15.2 Å². The van der Waals surface area contributed by atoms with Gasteiger partial charge in [0.15, 0.2) is 0 Å². The molecule has 0 aliphatic carbocycles. The maximum atomic E-state index is 9.27. The van der Waals surface area contributed by atoms with E-state index in [4.69, 9.17) is 4.74 Å². The Kier molecular flexibility index (Phi) is 7.15. The van der Waals surface area contributed by atoms with E-state index < -0.39 is 0 Å². The highest BCUT2D eigenvalue weighted by atomic mass is 16.5. The van der Waals surface area contributed by atoms with Crippen LogP contribution < -0.4 is 5.32 Å². The second kappa shape index (κ2) is 7.21. The van der Waals surface area contributed by atoms with Gasteiger partial charge in [-0.1, -0.05) is 20.8 Å². The van der Waals surface area contributed by atoms with E-state index >= 15 is 0 Å². The monoisotopic (exact) mass is 203 g/mol. The van der Waals surface area contributed by atoms with Gasteiger partial charge in [0.2, 0.25) is 0 Å². The molecule has 0 aromatic rings. The Bertz CT molecular complexity index is 139. The highest BCUT2D eigenvalue weighted by molar-refractivity contribution is 4.83. The maximum Gasteiger partial charge on any atom is 0.0611 e. The molecule has 86 valence electrons. The van der Waals surface area contributed by atoms with Crippen molar-refractivity contribution in [1.82, 2.24) is 5.32 Å². The average molecular weight is 203 g/mol. The zero-order valence-electron chi connectivity index (χ0n) is 9.97. The normalized spacial score (nSPS) is 15.9. The van der Waals surface area contributed by atoms with Gasteiger partial charge in [0.05, 0.1) is 6.61 Å². The number of rotatable bonds is 8. The third-order valence-electron chi connectivity index (χ3n) is 2.13. The van der Waals surface area contributed by atoms with Crippen molar-refractivity contribution >= 4 is 0 Å². The first-order valence-corrected chi connectivity index (χ1v) is 5.50. The molecule has 0 aromatic carbocycles. The minimum Gasteiger partial charge on any atom is -0.394 e. The highest BCUT2D eigenvalue weighted by Gasteiger charge is 2.23. The fraction of sp³-hybridized carbons (Fsp3) is 1.00. The minimum atomic E-state index is -0.206. The lowest BCUT2D eigenvalue weighted by atomic mass is 9.98. The Hall–Kier alpha value is -0.120. The molecular formula is C11H25NO2. The Morgan fingerprint density at radius 3 is 2.43 bits per heavy atom. The van der Waals surface area contributed by atoms with Gasteiger partial charge in [-0.2, -0.15) is 0 Å². The van der Waals surface area contributed by atoms with E-state index in [2.05, 4.69) is 26.1 Å². The lowest BCUT2D eigenvalue weighted by Gasteiger charge is -2.31. The quantitative estimate of drug-likeness (QED) is 0.588. The summed E-state index contributed by atoms with van der Waals surface area (Å²) in [4.78, 5) is 0. The summed E-state index contributed by atoms with van der Waals surface area (Å²) in [5.41, 5.74) is -0.206. The molecule has 2 N–H and O–H groups in total. The van der Waals surface area contributed by atoms with Crippen LogP contribution in [0.4, 0.5) is 0 Å². The van der Waals surface area contributed by atoms with Crippen molar-refractivity contribution < 1.29 is 9.84 Å². The van der Waals surface area contributed by atoms with Gasteiger partial charge >= 0.3 is 0 Å². The molecule has 3 nitrogen and oxygen atoms in total. The molecule has 0 amide bonds. The van der Waals surface area contributed by atoms with Crippen LogP contribution in [-0.2, 0) is 4.74 Å². The van der Waals surface area contributed by atoms with E-state index in [1.807, 2.05) is 6.92 Å². The van der Waals surface area contributed by atoms with Gasteiger partial charge in [0, 0.05) is 24.8 Å². The molecule has 1 unspecified atom stereocenters. The Balaban J connectivity index is 3.75. The molecule has 0 radical (unpaired) electrons. The molecule has 0 fully saturated rings. The summed E-state index contributed by atoms with van der Waals surface area (Å²) in [6, 6.07) is 0.387. The number of aliphatic hydroxyl groups excluding tert-OH is 1. The Labute approximate surface area is 87.8 Å². The van der Waals surface area contributed by atoms with Crippen LogP contribution in [0, 0.1) is 0 Å². The molecule has 0 bridgehead atoms. The van der Waals surface area contributed by atoms with E-state index in [1.54, 1.807) is 0 Å². The van der Waals surface area contributed by atoms with Crippen LogP contribution in [-0.4, -0.2) is 36.5 Å². The fourth-order valence-electron chi connectivity index (χ4n) is 1.44. The van der Waals surface area contributed by atoms with Crippen molar-refractivity contribution in [3.8, 4) is 0 Å². The zero-order chi connectivity index (χ0) is 11.0. The Morgan fingerprint density at radius 2 is 2.00 bits per heavy atom. The van der Waals surface area contributed by atoms with Gasteiger partial charge in [-0.3, -0.25) is 0 Å². The van der Waals surface area contributed by atoms with E-state index in [0.29, 0.717) is 12.6 Å². The number of aliphatic hydroxyl groups is 1. The molecular weight excluding hydrogens is 178 g/mol. The second-order valence-corrected chi connectivity index (χ2v) is 4.38. The molecule has 0 spiro atoms. The lowest BCUT2D eigenvalue weighted by Crippen LogP contribution is -2.49. The highest BCUT2D eigenvalue weighted by Crippen LogP contribution is 2.10. The average Bonchev–Trinajstić information content (AvgIpc) is 2.11. The predicted octanol–water partition coefficient (Wildman–Crippen LogP) is 1.55. The molecule has 0 rings (SSSR count). The molecule has 3 heteroatoms. The predicted molar refractivity (Wildman–Crippen MR) is 59.5 cm³/mol. The van der Waals surface area contributed by atoms with E-state index in [1.165, 1.54) is 0 Å². The first-order chi connectivity index (χ1) is 6.54. The first kappa shape index (κ1) is 13.9. The van der Waals surface area contributed by atoms with Crippen LogP contribution in [0.15, 0.2) is 0 Å². The fourth-order valence-corrected chi connectivity index (χ4v) is 1.44. The summed E-state index contributed by atoms with van der Waals surface area (Å²) in [5, 5.41) is 12.6. The van der Waals surface area contributed by atoms with Gasteiger partial charge in [-0.25, -0.2) is 0 Å². The molecule has 0 heterocycles. The number of hydrogen-bond donors (Lipinski definition) is 2. The van der Waals surface area contributed by atoms with Gasteiger partial charge in [0.25, 0.3) is 0 Å². The maximum absolute atomic E-state index is 9.27. The van der Waals surface area contributed by atoms with Crippen molar-refractivity contribution in [1.29, 1.82) is 0 Å². The molecule has 0 saturated heterocycles. The summed E-state index contributed by atoms with van der Waals surface area (Å²) in [6.45, 7) is 9.97. The van der Waals surface area contributed by atoms with Gasteiger partial charge in [0.1, 0.15) is 0 Å². The lowest BCUT2D eigenvalue weighted by molar-refractivity contribution is 0.0837. The minimum absolute atomic E-state index is 0.153. The van der Waals surface area contributed by atoms with Gasteiger partial charge in [-0.05, 0) is 19.8 Å². The summed E-state index contributed by atoms with van der Waals surface area (Å²) in [6.07, 6.45) is 1.90. The van der Waals surface area contributed by atoms with Crippen LogP contribution in [0.5, 0.6) is 0 Å². The molecule has 14 heavy (non-hydrogen) atoms. The standard InChI is InChI=1S/C11H25NO2/c1-5-7-14-8-6-11(4,9-13)12-10(2)3/h10,12-13H,5-9H2,1-4H3. The van der Waals surface area contributed by atoms with Crippen LogP contribution in [0.25, 0.3) is 0 Å². The number of ether oxygens (including phenoxy) is 1. The van der Waals surface area contributed by atoms with E-state index in [9.17, 15) is 5.11 Å². The molecule has 0 aromatic heterocycles. The SMILES string of the molecule is CCCOCCC(C)(CO)NC(C)C.